The van der Waals surface area contributed by atoms with Gasteiger partial charge < -0.3 is 5.73 Å². The first-order chi connectivity index (χ1) is 5.65. The molecule has 0 aromatic carbocycles. The van der Waals surface area contributed by atoms with Gasteiger partial charge in [-0.15, -0.1) is 0 Å². The van der Waals surface area contributed by atoms with Crippen molar-refractivity contribution in [2.45, 2.75) is 13.3 Å². The summed E-state index contributed by atoms with van der Waals surface area (Å²) in [5, 5.41) is 0. The third kappa shape index (κ3) is 1.82. The standard InChI is InChI=1S/C8H9BrN2O/c1-2-6(12)5-3-4-7(9)11-8(5)10/h3-4H,2H2,1H3,(H2,10,11). The second kappa shape index (κ2) is 3.67. The third-order valence-corrected chi connectivity index (χ3v) is 1.95. The number of carbonyl (C=O) groups is 1. The number of nitrogens with two attached hydrogens (primary N) is 1. The summed E-state index contributed by atoms with van der Waals surface area (Å²) >= 11 is 3.16. The number of Topliss-reactive ketones (excluding diaryl/α,β-unsaturated/α-hetero) is 1. The lowest BCUT2D eigenvalue weighted by molar-refractivity contribution is 0.0988. The van der Waals surface area contributed by atoms with Gasteiger partial charge in [0.15, 0.2) is 5.78 Å². The number of aromatic nitrogens is 1. The van der Waals surface area contributed by atoms with Gasteiger partial charge in [0.1, 0.15) is 10.4 Å². The minimum atomic E-state index is 0.0208. The van der Waals surface area contributed by atoms with E-state index in [1.807, 2.05) is 0 Å². The van der Waals surface area contributed by atoms with E-state index in [9.17, 15) is 4.79 Å². The van der Waals surface area contributed by atoms with Gasteiger partial charge in [-0.05, 0) is 28.1 Å². The minimum Gasteiger partial charge on any atom is -0.383 e. The molecule has 0 bridgehead atoms. The van der Waals surface area contributed by atoms with E-state index in [-0.39, 0.29) is 11.6 Å². The van der Waals surface area contributed by atoms with Crippen LogP contribution in [0.25, 0.3) is 0 Å². The van der Waals surface area contributed by atoms with Crippen molar-refractivity contribution >= 4 is 27.5 Å². The predicted octanol–water partition coefficient (Wildman–Crippen LogP) is 2.02. The lowest BCUT2D eigenvalue weighted by Crippen LogP contribution is -2.04. The average molecular weight is 229 g/mol. The molecule has 0 radical (unpaired) electrons. The van der Waals surface area contributed by atoms with Crippen molar-refractivity contribution in [3.63, 3.8) is 0 Å². The summed E-state index contributed by atoms with van der Waals surface area (Å²) in [6.07, 6.45) is 0.452. The van der Waals surface area contributed by atoms with E-state index in [1.165, 1.54) is 0 Å². The lowest BCUT2D eigenvalue weighted by atomic mass is 10.1. The summed E-state index contributed by atoms with van der Waals surface area (Å²) in [5.74, 6) is 0.309. The summed E-state index contributed by atoms with van der Waals surface area (Å²) in [6.45, 7) is 1.80. The van der Waals surface area contributed by atoms with Crippen molar-refractivity contribution in [3.05, 3.63) is 22.3 Å². The van der Waals surface area contributed by atoms with Gasteiger partial charge in [-0.2, -0.15) is 0 Å². The number of pyridine rings is 1. The highest BCUT2D eigenvalue weighted by atomic mass is 79.9. The van der Waals surface area contributed by atoms with Crippen molar-refractivity contribution in [2.24, 2.45) is 0 Å². The van der Waals surface area contributed by atoms with E-state index >= 15 is 0 Å². The van der Waals surface area contributed by atoms with Crippen molar-refractivity contribution < 1.29 is 4.79 Å². The molecule has 0 atom stereocenters. The Morgan fingerprint density at radius 3 is 2.83 bits per heavy atom. The molecule has 0 fully saturated rings. The van der Waals surface area contributed by atoms with E-state index < -0.39 is 0 Å². The van der Waals surface area contributed by atoms with Crippen LogP contribution in [0.4, 0.5) is 5.82 Å². The van der Waals surface area contributed by atoms with Crippen LogP contribution in [0.2, 0.25) is 0 Å². The van der Waals surface area contributed by atoms with Crippen LogP contribution in [-0.2, 0) is 0 Å². The van der Waals surface area contributed by atoms with Crippen LogP contribution in [0.15, 0.2) is 16.7 Å². The van der Waals surface area contributed by atoms with Gasteiger partial charge in [-0.1, -0.05) is 6.92 Å². The van der Waals surface area contributed by atoms with Gasteiger partial charge in [0, 0.05) is 6.42 Å². The predicted molar refractivity (Wildman–Crippen MR) is 51.0 cm³/mol. The number of nitrogen functional groups attached to an aromatic ring is 1. The van der Waals surface area contributed by atoms with Gasteiger partial charge >= 0.3 is 0 Å². The van der Waals surface area contributed by atoms with E-state index in [0.717, 1.165) is 0 Å². The van der Waals surface area contributed by atoms with Gasteiger partial charge in [0.25, 0.3) is 0 Å². The highest BCUT2D eigenvalue weighted by Gasteiger charge is 2.07. The molecule has 3 nitrogen and oxygen atoms in total. The minimum absolute atomic E-state index is 0.0208. The number of ketones is 1. The Morgan fingerprint density at radius 2 is 2.33 bits per heavy atom. The molecule has 0 amide bonds. The summed E-state index contributed by atoms with van der Waals surface area (Å²) in [6, 6.07) is 3.39. The fourth-order valence-corrected chi connectivity index (χ4v) is 1.20. The first-order valence-corrected chi connectivity index (χ1v) is 4.39. The second-order valence-corrected chi connectivity index (χ2v) is 3.16. The number of carbonyl (C=O) groups excluding carboxylic acids is 1. The zero-order valence-electron chi connectivity index (χ0n) is 6.67. The van der Waals surface area contributed by atoms with Gasteiger partial charge in [0.05, 0.1) is 5.56 Å². The molecule has 0 aliphatic carbocycles. The molecule has 4 heteroatoms. The number of nitrogens with zero attached hydrogens (tertiary/aromatic N) is 1. The van der Waals surface area contributed by atoms with Crippen LogP contribution >= 0.6 is 15.9 Å². The van der Waals surface area contributed by atoms with Crippen LogP contribution < -0.4 is 5.73 Å². The van der Waals surface area contributed by atoms with Crippen LogP contribution in [0.3, 0.4) is 0 Å². The molecular formula is C8H9BrN2O. The van der Waals surface area contributed by atoms with E-state index in [1.54, 1.807) is 19.1 Å². The Bertz CT molecular complexity index is 312. The molecule has 64 valence electrons. The number of halogens is 1. The summed E-state index contributed by atoms with van der Waals surface area (Å²) < 4.78 is 0.646. The first-order valence-electron chi connectivity index (χ1n) is 3.60. The Morgan fingerprint density at radius 1 is 1.67 bits per heavy atom. The van der Waals surface area contributed by atoms with Crippen LogP contribution in [0.1, 0.15) is 23.7 Å². The average Bonchev–Trinajstić information content (AvgIpc) is 2.03. The molecule has 1 heterocycles. The first kappa shape index (κ1) is 9.19. The highest BCUT2D eigenvalue weighted by molar-refractivity contribution is 9.10. The molecule has 0 aliphatic heterocycles. The summed E-state index contributed by atoms with van der Waals surface area (Å²) in [5.41, 5.74) is 6.04. The monoisotopic (exact) mass is 228 g/mol. The fraction of sp³-hybridized carbons (Fsp3) is 0.250. The maximum atomic E-state index is 11.2. The molecular weight excluding hydrogens is 220 g/mol. The van der Waals surface area contributed by atoms with Gasteiger partial charge in [0.2, 0.25) is 0 Å². The van der Waals surface area contributed by atoms with Crippen LogP contribution in [-0.4, -0.2) is 10.8 Å². The van der Waals surface area contributed by atoms with Crippen LogP contribution in [0.5, 0.6) is 0 Å². The number of anilines is 1. The zero-order valence-corrected chi connectivity index (χ0v) is 8.26. The van der Waals surface area contributed by atoms with Gasteiger partial charge in [-0.25, -0.2) is 4.98 Å². The highest BCUT2D eigenvalue weighted by Crippen LogP contribution is 2.15. The Hall–Kier alpha value is -0.900. The van der Waals surface area contributed by atoms with Gasteiger partial charge in [-0.3, -0.25) is 4.79 Å². The molecule has 1 aromatic rings. The fourth-order valence-electron chi connectivity index (χ4n) is 0.876. The molecule has 0 spiro atoms. The maximum absolute atomic E-state index is 11.2. The molecule has 0 saturated carbocycles. The second-order valence-electron chi connectivity index (χ2n) is 2.34. The summed E-state index contributed by atoms with van der Waals surface area (Å²) in [4.78, 5) is 15.1. The Labute approximate surface area is 79.1 Å². The lowest BCUT2D eigenvalue weighted by Gasteiger charge is -2.01. The number of rotatable bonds is 2. The molecule has 0 aliphatic rings. The Balaban J connectivity index is 3.09. The largest absolute Gasteiger partial charge is 0.383 e. The van der Waals surface area contributed by atoms with Crippen molar-refractivity contribution in [1.29, 1.82) is 0 Å². The molecule has 0 unspecified atom stereocenters. The SMILES string of the molecule is CCC(=O)c1ccc(Br)nc1N. The maximum Gasteiger partial charge on any atom is 0.166 e. The van der Waals surface area contributed by atoms with Crippen molar-refractivity contribution in [3.8, 4) is 0 Å². The van der Waals surface area contributed by atoms with E-state index in [2.05, 4.69) is 20.9 Å². The molecule has 0 saturated heterocycles. The quantitative estimate of drug-likeness (QED) is 0.623. The zero-order chi connectivity index (χ0) is 9.14. The van der Waals surface area contributed by atoms with Crippen molar-refractivity contribution in [2.75, 3.05) is 5.73 Å². The van der Waals surface area contributed by atoms with Crippen molar-refractivity contribution in [1.82, 2.24) is 4.98 Å². The Kier molecular flexibility index (Phi) is 2.81. The van der Waals surface area contributed by atoms with E-state index in [0.29, 0.717) is 16.6 Å². The number of hydrogen-bond acceptors (Lipinski definition) is 3. The third-order valence-electron chi connectivity index (χ3n) is 1.51. The topological polar surface area (TPSA) is 56.0 Å². The van der Waals surface area contributed by atoms with E-state index in [4.69, 9.17) is 5.73 Å². The molecule has 1 rings (SSSR count). The normalized spacial score (nSPS) is 9.83. The van der Waals surface area contributed by atoms with Crippen LogP contribution in [0, 0.1) is 0 Å². The number of hydrogen-bond donors (Lipinski definition) is 1. The molecule has 1 aromatic heterocycles. The smallest absolute Gasteiger partial charge is 0.166 e. The summed E-state index contributed by atoms with van der Waals surface area (Å²) in [7, 11) is 0. The molecule has 12 heavy (non-hydrogen) atoms. The molecule has 2 N–H and O–H groups in total.